The standard InChI is InChI=1S/C23H31N/c1-5-14-24-15-13-21(23(2,3)4)20-17-19(11-12-22(20)24)16-18-9-7-6-8-10-18/h6-12,17,21H,5,13-16H2,1-4H3. The van der Waals surface area contributed by atoms with Crippen molar-refractivity contribution in [2.24, 2.45) is 5.41 Å². The molecule has 0 fully saturated rings. The van der Waals surface area contributed by atoms with E-state index in [1.54, 1.807) is 5.56 Å². The Kier molecular flexibility index (Phi) is 4.99. The highest BCUT2D eigenvalue weighted by atomic mass is 15.1. The lowest BCUT2D eigenvalue weighted by molar-refractivity contribution is 0.298. The van der Waals surface area contributed by atoms with E-state index in [-0.39, 0.29) is 0 Å². The minimum Gasteiger partial charge on any atom is -0.371 e. The lowest BCUT2D eigenvalue weighted by Gasteiger charge is -2.41. The molecule has 128 valence electrons. The zero-order valence-corrected chi connectivity index (χ0v) is 15.7. The number of benzene rings is 2. The summed E-state index contributed by atoms with van der Waals surface area (Å²) in [5.74, 6) is 0.649. The molecule has 0 spiro atoms. The van der Waals surface area contributed by atoms with Gasteiger partial charge in [-0.15, -0.1) is 0 Å². The molecule has 0 aromatic heterocycles. The van der Waals surface area contributed by atoms with E-state index in [9.17, 15) is 0 Å². The Morgan fingerprint density at radius 2 is 1.75 bits per heavy atom. The molecule has 2 aromatic rings. The molecule has 1 nitrogen and oxygen atoms in total. The van der Waals surface area contributed by atoms with Gasteiger partial charge in [-0.05, 0) is 53.4 Å². The van der Waals surface area contributed by atoms with Crippen LogP contribution in [0.3, 0.4) is 0 Å². The largest absolute Gasteiger partial charge is 0.371 e. The molecule has 3 rings (SSSR count). The normalized spacial score (nSPS) is 17.7. The number of hydrogen-bond acceptors (Lipinski definition) is 1. The van der Waals surface area contributed by atoms with Crippen LogP contribution in [0.15, 0.2) is 48.5 Å². The van der Waals surface area contributed by atoms with Crippen LogP contribution >= 0.6 is 0 Å². The number of hydrogen-bond donors (Lipinski definition) is 0. The van der Waals surface area contributed by atoms with Crippen molar-refractivity contribution in [3.8, 4) is 0 Å². The second kappa shape index (κ2) is 7.01. The van der Waals surface area contributed by atoms with Gasteiger partial charge in [-0.2, -0.15) is 0 Å². The van der Waals surface area contributed by atoms with Crippen LogP contribution < -0.4 is 4.90 Å². The fourth-order valence-electron chi connectivity index (χ4n) is 4.08. The van der Waals surface area contributed by atoms with Gasteiger partial charge >= 0.3 is 0 Å². The third-order valence-electron chi connectivity index (χ3n) is 5.29. The molecule has 1 heteroatoms. The van der Waals surface area contributed by atoms with Crippen LogP contribution in [0.4, 0.5) is 5.69 Å². The van der Waals surface area contributed by atoms with Crippen LogP contribution in [0, 0.1) is 5.41 Å². The monoisotopic (exact) mass is 321 g/mol. The van der Waals surface area contributed by atoms with Gasteiger partial charge in [-0.25, -0.2) is 0 Å². The number of anilines is 1. The van der Waals surface area contributed by atoms with Gasteiger partial charge in [0.05, 0.1) is 0 Å². The van der Waals surface area contributed by atoms with E-state index in [0.29, 0.717) is 11.3 Å². The van der Waals surface area contributed by atoms with Crippen LogP contribution in [0.5, 0.6) is 0 Å². The van der Waals surface area contributed by atoms with Crippen LogP contribution in [-0.2, 0) is 6.42 Å². The van der Waals surface area contributed by atoms with Gasteiger partial charge in [0.25, 0.3) is 0 Å². The summed E-state index contributed by atoms with van der Waals surface area (Å²) in [5, 5.41) is 0. The summed E-state index contributed by atoms with van der Waals surface area (Å²) in [4.78, 5) is 2.59. The van der Waals surface area contributed by atoms with Gasteiger partial charge in [-0.3, -0.25) is 0 Å². The number of rotatable bonds is 4. The van der Waals surface area contributed by atoms with Crippen molar-refractivity contribution in [1.82, 2.24) is 0 Å². The molecule has 24 heavy (non-hydrogen) atoms. The molecule has 0 amide bonds. The van der Waals surface area contributed by atoms with E-state index in [4.69, 9.17) is 0 Å². The van der Waals surface area contributed by atoms with Crippen molar-refractivity contribution >= 4 is 5.69 Å². The van der Waals surface area contributed by atoms with Crippen LogP contribution in [0.2, 0.25) is 0 Å². The van der Waals surface area contributed by atoms with Crippen molar-refractivity contribution in [1.29, 1.82) is 0 Å². The van der Waals surface area contributed by atoms with Crippen molar-refractivity contribution in [2.45, 2.75) is 52.9 Å². The lowest BCUT2D eigenvalue weighted by Crippen LogP contribution is -2.35. The Labute approximate surface area is 147 Å². The maximum Gasteiger partial charge on any atom is 0.0402 e. The molecule has 1 heterocycles. The minimum atomic E-state index is 0.318. The molecular weight excluding hydrogens is 290 g/mol. The van der Waals surface area contributed by atoms with Gasteiger partial charge in [0, 0.05) is 18.8 Å². The third-order valence-corrected chi connectivity index (χ3v) is 5.29. The first kappa shape index (κ1) is 17.1. The predicted molar refractivity (Wildman–Crippen MR) is 105 cm³/mol. The quantitative estimate of drug-likeness (QED) is 0.665. The Morgan fingerprint density at radius 1 is 1.00 bits per heavy atom. The number of nitrogens with zero attached hydrogens (tertiary/aromatic N) is 1. The molecule has 0 radical (unpaired) electrons. The summed E-state index contributed by atoms with van der Waals surface area (Å²) >= 11 is 0. The summed E-state index contributed by atoms with van der Waals surface area (Å²) in [6, 6.07) is 18.0. The second-order valence-corrected chi connectivity index (χ2v) is 8.25. The molecular formula is C23H31N. The van der Waals surface area contributed by atoms with Crippen molar-refractivity contribution in [3.63, 3.8) is 0 Å². The van der Waals surface area contributed by atoms with Gasteiger partial charge in [-0.1, -0.05) is 70.2 Å². The second-order valence-electron chi connectivity index (χ2n) is 8.25. The zero-order chi connectivity index (χ0) is 17.2. The summed E-state index contributed by atoms with van der Waals surface area (Å²) in [6.07, 6.45) is 3.51. The van der Waals surface area contributed by atoms with E-state index < -0.39 is 0 Å². The van der Waals surface area contributed by atoms with Gasteiger partial charge in [0.1, 0.15) is 0 Å². The van der Waals surface area contributed by atoms with Crippen molar-refractivity contribution < 1.29 is 0 Å². The highest BCUT2D eigenvalue weighted by Crippen LogP contribution is 2.45. The number of fused-ring (bicyclic) bond motifs is 1. The highest BCUT2D eigenvalue weighted by Gasteiger charge is 2.33. The first-order chi connectivity index (χ1) is 11.5. The van der Waals surface area contributed by atoms with Crippen molar-refractivity contribution in [2.75, 3.05) is 18.0 Å². The van der Waals surface area contributed by atoms with E-state index in [1.165, 1.54) is 42.7 Å². The maximum atomic E-state index is 2.59. The maximum absolute atomic E-state index is 2.59. The molecule has 0 N–H and O–H groups in total. The Bertz CT molecular complexity index is 666. The van der Waals surface area contributed by atoms with Gasteiger partial charge < -0.3 is 4.90 Å². The molecule has 0 aliphatic carbocycles. The zero-order valence-electron chi connectivity index (χ0n) is 15.7. The molecule has 0 saturated carbocycles. The average molecular weight is 322 g/mol. The van der Waals surface area contributed by atoms with Crippen molar-refractivity contribution in [3.05, 3.63) is 65.2 Å². The summed E-state index contributed by atoms with van der Waals surface area (Å²) in [6.45, 7) is 11.8. The van der Waals surface area contributed by atoms with E-state index >= 15 is 0 Å². The fourth-order valence-corrected chi connectivity index (χ4v) is 4.08. The summed E-state index contributed by atoms with van der Waals surface area (Å²) in [5.41, 5.74) is 6.19. The highest BCUT2D eigenvalue weighted by molar-refractivity contribution is 5.59. The molecule has 0 bridgehead atoms. The molecule has 1 aliphatic heterocycles. The van der Waals surface area contributed by atoms with E-state index in [2.05, 4.69) is 81.1 Å². The first-order valence-electron chi connectivity index (χ1n) is 9.40. The topological polar surface area (TPSA) is 3.24 Å². The minimum absolute atomic E-state index is 0.318. The molecule has 0 saturated heterocycles. The molecule has 1 aliphatic rings. The molecule has 1 unspecified atom stereocenters. The summed E-state index contributed by atoms with van der Waals surface area (Å²) in [7, 11) is 0. The fraction of sp³-hybridized carbons (Fsp3) is 0.478. The Hall–Kier alpha value is -1.76. The van der Waals surface area contributed by atoms with Crippen LogP contribution in [0.1, 0.15) is 63.1 Å². The van der Waals surface area contributed by atoms with Gasteiger partial charge in [0.2, 0.25) is 0 Å². The predicted octanol–water partition coefficient (Wildman–Crippen LogP) is 6.03. The average Bonchev–Trinajstić information content (AvgIpc) is 2.55. The molecule has 1 atom stereocenters. The SMILES string of the molecule is CCCN1CCC(C(C)(C)C)c2cc(Cc3ccccc3)ccc21. The third kappa shape index (κ3) is 3.66. The van der Waals surface area contributed by atoms with E-state index in [1.807, 2.05) is 0 Å². The lowest BCUT2D eigenvalue weighted by atomic mass is 9.72. The molecule has 2 aromatic carbocycles. The van der Waals surface area contributed by atoms with Crippen LogP contribution in [0.25, 0.3) is 0 Å². The smallest absolute Gasteiger partial charge is 0.0402 e. The van der Waals surface area contributed by atoms with Crippen LogP contribution in [-0.4, -0.2) is 13.1 Å². The Balaban J connectivity index is 1.96. The van der Waals surface area contributed by atoms with Gasteiger partial charge in [0.15, 0.2) is 0 Å². The first-order valence-corrected chi connectivity index (χ1v) is 9.40. The Morgan fingerprint density at radius 3 is 2.42 bits per heavy atom. The summed E-state index contributed by atoms with van der Waals surface area (Å²) < 4.78 is 0. The van der Waals surface area contributed by atoms with E-state index in [0.717, 1.165) is 6.42 Å².